The summed E-state index contributed by atoms with van der Waals surface area (Å²) in [5, 5.41) is 16.3. The summed E-state index contributed by atoms with van der Waals surface area (Å²) < 4.78 is 3.15. The maximum Gasteiger partial charge on any atom is 0.278 e. The smallest absolute Gasteiger partial charge is 0.278 e. The minimum atomic E-state index is -1.00. The number of fused-ring (bicyclic) bond motifs is 3. The van der Waals surface area contributed by atoms with Crippen molar-refractivity contribution in [3.63, 3.8) is 0 Å². The second-order valence-electron chi connectivity index (χ2n) is 14.0. The highest BCUT2D eigenvalue weighted by molar-refractivity contribution is 6.23. The number of anilines is 4. The van der Waals surface area contributed by atoms with E-state index in [1.54, 1.807) is 22.9 Å². The number of aliphatic hydroxyl groups is 1. The lowest BCUT2D eigenvalue weighted by atomic mass is 10.0. The van der Waals surface area contributed by atoms with E-state index in [1.807, 2.05) is 56.3 Å². The summed E-state index contributed by atoms with van der Waals surface area (Å²) >= 11 is 0. The van der Waals surface area contributed by atoms with Crippen LogP contribution in [-0.2, 0) is 22.6 Å². The second-order valence-corrected chi connectivity index (χ2v) is 14.0. The van der Waals surface area contributed by atoms with Gasteiger partial charge in [-0.25, -0.2) is 19.3 Å². The van der Waals surface area contributed by atoms with Crippen LogP contribution in [0.25, 0.3) is 16.9 Å². The number of hydrogen-bond acceptors (Lipinski definition) is 12. The van der Waals surface area contributed by atoms with E-state index in [2.05, 4.69) is 32.0 Å². The minimum Gasteiger partial charge on any atom is -0.387 e. The molecule has 3 aromatic heterocycles. The van der Waals surface area contributed by atoms with Crippen molar-refractivity contribution in [3.05, 3.63) is 106 Å². The standard InChI is InChI=1S/C39H36N10O6.C2H6/c1-2-15-47-36(53)28-21-40-39(44-34(28)49(47)31-13-4-22-3-12-30(50)33(22)42-31)41-23-5-7-24(8-6-23)45-16-18-46(19-17-45)25-9-10-26-27(20-25)38(55)48(37(26)54)29-11-14-32(51)43-35(29)52;1-2/h2,4-10,13,20-21,29-30,50H,1,3,11-12,14-19H2,(H,40,41,44)(H,43,51,52);1-2H3. The average Bonchev–Trinajstić information content (AvgIpc) is 3.82. The Morgan fingerprint density at radius 1 is 0.860 bits per heavy atom. The van der Waals surface area contributed by atoms with E-state index in [0.29, 0.717) is 61.1 Å². The molecule has 1 aliphatic carbocycles. The third kappa shape index (κ3) is 6.60. The Kier molecular flexibility index (Phi) is 9.87. The van der Waals surface area contributed by atoms with E-state index in [-0.39, 0.29) is 36.1 Å². The van der Waals surface area contributed by atoms with Crippen LogP contribution in [0.3, 0.4) is 0 Å². The van der Waals surface area contributed by atoms with Crippen LogP contribution in [-0.4, -0.2) is 90.2 Å². The van der Waals surface area contributed by atoms with Gasteiger partial charge in [0.15, 0.2) is 11.5 Å². The Morgan fingerprint density at radius 3 is 2.28 bits per heavy atom. The quantitative estimate of drug-likeness (QED) is 0.154. The molecule has 9 rings (SSSR count). The van der Waals surface area contributed by atoms with E-state index in [1.165, 1.54) is 10.9 Å². The SMILES string of the molecule is C=CCn1c(=O)c2cnc(Nc3ccc(N4CCN(c5ccc6c(c5)C(=O)N(C5CCC(=O)NC5=O)C6=O)CC4)cc3)nc2n1-c1ccc2c(n1)C(O)CC2.CC. The van der Waals surface area contributed by atoms with Gasteiger partial charge in [0.25, 0.3) is 17.4 Å². The molecule has 2 atom stereocenters. The lowest BCUT2D eigenvalue weighted by Gasteiger charge is -2.37. The molecule has 3 aliphatic heterocycles. The van der Waals surface area contributed by atoms with Crippen molar-refractivity contribution in [2.24, 2.45) is 0 Å². The van der Waals surface area contributed by atoms with E-state index >= 15 is 0 Å². The molecule has 2 fully saturated rings. The zero-order valence-electron chi connectivity index (χ0n) is 31.6. The van der Waals surface area contributed by atoms with Gasteiger partial charge in [-0.2, -0.15) is 4.98 Å². The topological polar surface area (TPSA) is 188 Å². The number of amides is 4. The average molecular weight is 771 g/mol. The number of rotatable bonds is 8. The summed E-state index contributed by atoms with van der Waals surface area (Å²) in [6, 6.07) is 15.8. The maximum absolute atomic E-state index is 13.4. The number of carbonyl (C=O) groups is 4. The van der Waals surface area contributed by atoms with E-state index < -0.39 is 35.8 Å². The number of aryl methyl sites for hydroxylation is 1. The molecule has 2 unspecified atom stereocenters. The van der Waals surface area contributed by atoms with Gasteiger partial charge in [-0.15, -0.1) is 6.58 Å². The van der Waals surface area contributed by atoms with E-state index in [0.717, 1.165) is 33.9 Å². The summed E-state index contributed by atoms with van der Waals surface area (Å²) in [6.07, 6.45) is 4.03. The molecule has 6 heterocycles. The lowest BCUT2D eigenvalue weighted by molar-refractivity contribution is -0.136. The number of piperazine rings is 1. The maximum atomic E-state index is 13.4. The Labute approximate surface area is 327 Å². The largest absolute Gasteiger partial charge is 0.387 e. The highest BCUT2D eigenvalue weighted by Gasteiger charge is 2.45. The van der Waals surface area contributed by atoms with Crippen molar-refractivity contribution in [2.45, 2.75) is 58.2 Å². The van der Waals surface area contributed by atoms with E-state index in [4.69, 9.17) is 9.97 Å². The van der Waals surface area contributed by atoms with Gasteiger partial charge in [-0.1, -0.05) is 26.0 Å². The number of piperidine rings is 1. The van der Waals surface area contributed by atoms with Crippen molar-refractivity contribution in [3.8, 4) is 5.82 Å². The summed E-state index contributed by atoms with van der Waals surface area (Å²) in [4.78, 5) is 83.2. The van der Waals surface area contributed by atoms with Crippen molar-refractivity contribution in [2.75, 3.05) is 41.3 Å². The van der Waals surface area contributed by atoms with Crippen molar-refractivity contribution in [1.82, 2.24) is 34.5 Å². The van der Waals surface area contributed by atoms with Crippen LogP contribution in [0.2, 0.25) is 0 Å². The first-order chi connectivity index (χ1) is 27.7. The fraction of sp³-hybridized carbons (Fsp3) is 0.317. The van der Waals surface area contributed by atoms with Crippen LogP contribution in [0.1, 0.15) is 71.2 Å². The molecule has 16 nitrogen and oxygen atoms in total. The molecule has 57 heavy (non-hydrogen) atoms. The van der Waals surface area contributed by atoms with Crippen LogP contribution in [0.15, 0.2) is 78.2 Å². The molecular weight excluding hydrogens is 729 g/mol. The minimum absolute atomic E-state index is 0.0707. The molecule has 16 heteroatoms. The summed E-state index contributed by atoms with van der Waals surface area (Å²) in [6.45, 7) is 10.8. The first kappa shape index (κ1) is 37.3. The van der Waals surface area contributed by atoms with Crippen molar-refractivity contribution < 1.29 is 24.3 Å². The van der Waals surface area contributed by atoms with Gasteiger partial charge in [0, 0.05) is 55.9 Å². The first-order valence-electron chi connectivity index (χ1n) is 19.2. The molecule has 2 saturated heterocycles. The van der Waals surface area contributed by atoms with Crippen molar-refractivity contribution in [1.29, 1.82) is 0 Å². The van der Waals surface area contributed by atoms with Gasteiger partial charge < -0.3 is 20.2 Å². The number of aromatic nitrogens is 5. The molecule has 0 spiro atoms. The first-order valence-corrected chi connectivity index (χ1v) is 19.2. The summed E-state index contributed by atoms with van der Waals surface area (Å²) in [7, 11) is 0. The predicted octanol–water partition coefficient (Wildman–Crippen LogP) is 3.64. The summed E-state index contributed by atoms with van der Waals surface area (Å²) in [5.41, 5.74) is 4.82. The highest BCUT2D eigenvalue weighted by Crippen LogP contribution is 2.33. The number of nitrogens with one attached hydrogen (secondary N) is 2. The van der Waals surface area contributed by atoms with Crippen LogP contribution >= 0.6 is 0 Å². The number of carbonyl (C=O) groups excluding carboxylic acids is 4. The fourth-order valence-electron chi connectivity index (χ4n) is 7.91. The third-order valence-electron chi connectivity index (χ3n) is 10.8. The summed E-state index contributed by atoms with van der Waals surface area (Å²) in [5.74, 6) is -1.31. The van der Waals surface area contributed by atoms with Gasteiger partial charge in [-0.05, 0) is 73.4 Å². The van der Waals surface area contributed by atoms with Gasteiger partial charge in [0.05, 0.1) is 29.5 Å². The molecule has 4 amide bonds. The molecule has 0 radical (unpaired) electrons. The van der Waals surface area contributed by atoms with Crippen LogP contribution in [0.4, 0.5) is 23.0 Å². The highest BCUT2D eigenvalue weighted by atomic mass is 16.3. The number of nitrogens with zero attached hydrogens (tertiary/aromatic N) is 8. The van der Waals surface area contributed by atoms with Gasteiger partial charge in [0.1, 0.15) is 11.4 Å². The molecule has 4 aliphatic rings. The lowest BCUT2D eigenvalue weighted by Crippen LogP contribution is -2.54. The third-order valence-corrected chi connectivity index (χ3v) is 10.8. The Bertz CT molecular complexity index is 2500. The molecule has 0 bridgehead atoms. The van der Waals surface area contributed by atoms with Crippen LogP contribution < -0.4 is 26.0 Å². The van der Waals surface area contributed by atoms with Crippen LogP contribution in [0, 0.1) is 0 Å². The molecule has 0 saturated carbocycles. The predicted molar refractivity (Wildman–Crippen MR) is 213 cm³/mol. The molecule has 3 N–H and O–H groups in total. The number of allylic oxidation sites excluding steroid dienone is 1. The fourth-order valence-corrected chi connectivity index (χ4v) is 7.91. The number of imide groups is 2. The zero-order chi connectivity index (χ0) is 40.0. The number of hydrogen-bond donors (Lipinski definition) is 3. The van der Waals surface area contributed by atoms with Gasteiger partial charge in [0.2, 0.25) is 17.8 Å². The molecule has 2 aromatic carbocycles. The normalized spacial score (nSPS) is 19.0. The second kappa shape index (κ2) is 15.1. The number of benzene rings is 2. The monoisotopic (exact) mass is 770 g/mol. The van der Waals surface area contributed by atoms with Crippen LogP contribution in [0.5, 0.6) is 0 Å². The molecule has 5 aromatic rings. The van der Waals surface area contributed by atoms with Gasteiger partial charge in [-0.3, -0.25) is 34.2 Å². The Morgan fingerprint density at radius 2 is 1.56 bits per heavy atom. The number of aliphatic hydroxyl groups excluding tert-OH is 1. The van der Waals surface area contributed by atoms with Crippen molar-refractivity contribution >= 4 is 57.7 Å². The Hall–Kier alpha value is -6.68. The van der Waals surface area contributed by atoms with Gasteiger partial charge >= 0.3 is 0 Å². The zero-order valence-corrected chi connectivity index (χ0v) is 31.6. The molecular formula is C41H42N10O6. The number of pyridine rings is 1. The molecule has 292 valence electrons. The van der Waals surface area contributed by atoms with E-state index in [9.17, 15) is 29.1 Å². The Balaban J connectivity index is 0.00000224.